The maximum Gasteiger partial charge on any atom is 0.362 e. The number of anilines is 1. The second-order valence-corrected chi connectivity index (χ2v) is 4.66. The van der Waals surface area contributed by atoms with Crippen LogP contribution >= 0.6 is 23.2 Å². The van der Waals surface area contributed by atoms with E-state index in [9.17, 15) is 18.8 Å². The number of nitrogens with zero attached hydrogens (tertiary/aromatic N) is 1. The van der Waals surface area contributed by atoms with Crippen LogP contribution in [0.15, 0.2) is 12.1 Å². The number of carbonyl (C=O) groups is 3. The van der Waals surface area contributed by atoms with Crippen molar-refractivity contribution in [2.24, 2.45) is 0 Å². The van der Waals surface area contributed by atoms with E-state index in [-0.39, 0.29) is 27.9 Å². The second kappa shape index (κ2) is 5.38. The van der Waals surface area contributed by atoms with E-state index in [0.717, 1.165) is 0 Å². The zero-order valence-corrected chi connectivity index (χ0v) is 11.7. The molecule has 2 rings (SSSR count). The van der Waals surface area contributed by atoms with Crippen molar-refractivity contribution in [1.29, 1.82) is 0 Å². The molecule has 0 aliphatic carbocycles. The molecule has 1 heterocycles. The third kappa shape index (κ3) is 2.14. The molecule has 5 nitrogen and oxygen atoms in total. The number of ketones is 1. The molecule has 0 fully saturated rings. The van der Waals surface area contributed by atoms with Crippen molar-refractivity contribution in [3.8, 4) is 0 Å². The summed E-state index contributed by atoms with van der Waals surface area (Å²) in [7, 11) is 0. The lowest BCUT2D eigenvalue weighted by Gasteiger charge is -2.20. The van der Waals surface area contributed by atoms with Crippen molar-refractivity contribution in [2.45, 2.75) is 13.2 Å². The van der Waals surface area contributed by atoms with Gasteiger partial charge in [-0.05, 0) is 19.1 Å². The number of hydrogen-bond donors (Lipinski definition) is 0. The number of carbonyl (C=O) groups excluding carboxylic acids is 3. The molecule has 1 atom stereocenters. The van der Waals surface area contributed by atoms with E-state index in [4.69, 9.17) is 23.2 Å². The summed E-state index contributed by atoms with van der Waals surface area (Å²) in [5, 5.41) is -0.100. The van der Waals surface area contributed by atoms with Gasteiger partial charge in [0.15, 0.2) is 0 Å². The molecule has 8 heteroatoms. The molecule has 0 N–H and O–H groups in total. The van der Waals surface area contributed by atoms with Gasteiger partial charge in [0.2, 0.25) is 0 Å². The highest BCUT2D eigenvalue weighted by Crippen LogP contribution is 2.41. The minimum Gasteiger partial charge on any atom is -0.462 e. The number of rotatable bonds is 3. The molecule has 1 aromatic rings. The quantitative estimate of drug-likeness (QED) is 0.487. The van der Waals surface area contributed by atoms with Crippen LogP contribution in [0.2, 0.25) is 10.0 Å². The maximum atomic E-state index is 14.1. The summed E-state index contributed by atoms with van der Waals surface area (Å²) >= 11 is 11.7. The van der Waals surface area contributed by atoms with Gasteiger partial charge in [-0.1, -0.05) is 23.2 Å². The summed E-state index contributed by atoms with van der Waals surface area (Å²) < 4.78 is 18.6. The summed E-state index contributed by atoms with van der Waals surface area (Å²) in [5.41, 5.74) is -0.425. The maximum absolute atomic E-state index is 14.1. The second-order valence-electron chi connectivity index (χ2n) is 3.84. The Balaban J connectivity index is 2.53. The van der Waals surface area contributed by atoms with Crippen molar-refractivity contribution in [1.82, 2.24) is 0 Å². The van der Waals surface area contributed by atoms with Gasteiger partial charge in [0.05, 0.1) is 27.9 Å². The first-order valence-electron chi connectivity index (χ1n) is 5.56. The van der Waals surface area contributed by atoms with Gasteiger partial charge in [-0.3, -0.25) is 14.5 Å². The van der Waals surface area contributed by atoms with E-state index in [2.05, 4.69) is 4.74 Å². The van der Waals surface area contributed by atoms with Crippen LogP contribution in [0.1, 0.15) is 17.3 Å². The molecule has 0 bridgehead atoms. The predicted molar refractivity (Wildman–Crippen MR) is 69.8 cm³/mol. The molecule has 106 valence electrons. The zero-order chi connectivity index (χ0) is 15.0. The van der Waals surface area contributed by atoms with Crippen LogP contribution in [-0.2, 0) is 14.3 Å². The van der Waals surface area contributed by atoms with Gasteiger partial charge in [-0.2, -0.15) is 0 Å². The first-order chi connectivity index (χ1) is 9.40. The topological polar surface area (TPSA) is 63.7 Å². The Bertz CT molecular complexity index is 620. The Morgan fingerprint density at radius 2 is 1.95 bits per heavy atom. The number of benzene rings is 1. The Hall–Kier alpha value is -1.66. The van der Waals surface area contributed by atoms with Gasteiger partial charge in [0, 0.05) is 0 Å². The highest BCUT2D eigenvalue weighted by Gasteiger charge is 2.45. The molecule has 0 saturated carbocycles. The Morgan fingerprint density at radius 1 is 1.35 bits per heavy atom. The van der Waals surface area contributed by atoms with Gasteiger partial charge in [0.1, 0.15) is 0 Å². The highest BCUT2D eigenvalue weighted by atomic mass is 35.5. The predicted octanol–water partition coefficient (Wildman–Crippen LogP) is 2.38. The smallest absolute Gasteiger partial charge is 0.362 e. The van der Waals surface area contributed by atoms with Crippen LogP contribution in [0, 0.1) is 0 Å². The fourth-order valence-corrected chi connectivity index (χ4v) is 2.33. The van der Waals surface area contributed by atoms with Crippen LogP contribution in [0.3, 0.4) is 0 Å². The van der Waals surface area contributed by atoms with Crippen molar-refractivity contribution in [2.75, 3.05) is 11.5 Å². The fraction of sp³-hybridized carbons (Fsp3) is 0.250. The number of hydrogen-bond acceptors (Lipinski definition) is 4. The molecule has 0 aromatic heterocycles. The summed E-state index contributed by atoms with van der Waals surface area (Å²) in [6.45, 7) is 1.42. The lowest BCUT2D eigenvalue weighted by atomic mass is 10.1. The fourth-order valence-electron chi connectivity index (χ4n) is 1.84. The molecule has 1 aliphatic heterocycles. The number of amides is 1. The van der Waals surface area contributed by atoms with Crippen LogP contribution in [0.25, 0.3) is 0 Å². The normalized spacial score (nSPS) is 15.3. The van der Waals surface area contributed by atoms with Gasteiger partial charge in [-0.25, -0.2) is 9.18 Å². The monoisotopic (exact) mass is 319 g/mol. The third-order valence-corrected chi connectivity index (χ3v) is 3.29. The molecule has 1 unspecified atom stereocenters. The van der Waals surface area contributed by atoms with Crippen molar-refractivity contribution < 1.29 is 23.5 Å². The minimum absolute atomic E-state index is 0.0405. The Morgan fingerprint density at radius 3 is 2.55 bits per heavy atom. The average Bonchev–Trinajstić information content (AvgIpc) is 2.68. The van der Waals surface area contributed by atoms with E-state index in [0.29, 0.717) is 4.90 Å². The van der Waals surface area contributed by atoms with Crippen LogP contribution in [-0.4, -0.2) is 30.6 Å². The number of Topliss-reactive ketones (excluding diaryl/α,β-unsaturated/α-hetero) is 1. The molecule has 1 aliphatic rings. The number of halogens is 3. The summed E-state index contributed by atoms with van der Waals surface area (Å²) in [6, 6.07) is 2.62. The molecule has 1 aromatic carbocycles. The largest absolute Gasteiger partial charge is 0.462 e. The molecule has 0 spiro atoms. The van der Waals surface area contributed by atoms with Crippen molar-refractivity contribution in [3.05, 3.63) is 27.7 Å². The van der Waals surface area contributed by atoms with E-state index >= 15 is 0 Å². The Kier molecular flexibility index (Phi) is 3.96. The summed E-state index contributed by atoms with van der Waals surface area (Å²) in [6.07, 6.45) is -2.45. The van der Waals surface area contributed by atoms with E-state index in [1.165, 1.54) is 19.1 Å². The summed E-state index contributed by atoms with van der Waals surface area (Å²) in [5.74, 6) is -3.51. The lowest BCUT2D eigenvalue weighted by molar-refractivity contribution is -0.150. The van der Waals surface area contributed by atoms with Gasteiger partial charge in [-0.15, -0.1) is 0 Å². The van der Waals surface area contributed by atoms with Crippen molar-refractivity contribution >= 4 is 46.5 Å². The first-order valence-corrected chi connectivity index (χ1v) is 6.32. The van der Waals surface area contributed by atoms with Crippen LogP contribution in [0.5, 0.6) is 0 Å². The van der Waals surface area contributed by atoms with Crippen molar-refractivity contribution in [3.63, 3.8) is 0 Å². The van der Waals surface area contributed by atoms with Crippen LogP contribution < -0.4 is 4.90 Å². The van der Waals surface area contributed by atoms with Gasteiger partial charge >= 0.3 is 11.9 Å². The van der Waals surface area contributed by atoms with E-state index < -0.39 is 24.0 Å². The average molecular weight is 320 g/mol. The third-order valence-electron chi connectivity index (χ3n) is 2.67. The lowest BCUT2D eigenvalue weighted by Crippen LogP contribution is -2.42. The van der Waals surface area contributed by atoms with Gasteiger partial charge in [0.25, 0.3) is 12.1 Å². The molecule has 0 saturated heterocycles. The number of alkyl halides is 1. The van der Waals surface area contributed by atoms with Gasteiger partial charge < -0.3 is 4.74 Å². The van der Waals surface area contributed by atoms with E-state index in [1.807, 2.05) is 0 Å². The first kappa shape index (κ1) is 14.7. The molecule has 1 amide bonds. The standard InChI is InChI=1S/C12H8Cl2FNO4/c1-2-20-12(19)10(15)16-8-6(14)4-3-5(13)7(8)9(17)11(16)18/h3-4,10H,2H2,1H3. The number of fused-ring (bicyclic) bond motifs is 1. The Labute approximate surface area is 123 Å². The van der Waals surface area contributed by atoms with E-state index in [1.54, 1.807) is 0 Å². The summed E-state index contributed by atoms with van der Waals surface area (Å²) in [4.78, 5) is 35.4. The minimum atomic E-state index is -2.45. The van der Waals surface area contributed by atoms with Crippen LogP contribution in [0.4, 0.5) is 10.1 Å². The SMILES string of the molecule is CCOC(=O)C(F)N1C(=O)C(=O)c2c(Cl)ccc(Cl)c21. The molecular formula is C12H8Cl2FNO4. The molecule has 20 heavy (non-hydrogen) atoms. The zero-order valence-electron chi connectivity index (χ0n) is 10.2. The number of ether oxygens (including phenoxy) is 1. The highest BCUT2D eigenvalue weighted by molar-refractivity contribution is 6.57. The molecule has 0 radical (unpaired) electrons. The number of esters is 1. The molecular weight excluding hydrogens is 312 g/mol.